The van der Waals surface area contributed by atoms with E-state index in [1.54, 1.807) is 11.7 Å². The van der Waals surface area contributed by atoms with Gasteiger partial charge in [-0.1, -0.05) is 0 Å². The van der Waals surface area contributed by atoms with Crippen LogP contribution in [0.4, 0.5) is 11.9 Å². The number of aryl methyl sites for hydroxylation is 1. The average Bonchev–Trinajstić information content (AvgIpc) is 2.96. The number of hydrogen-bond donors (Lipinski definition) is 2. The number of nitrogens with one attached hydrogen (secondary N) is 1. The molecule has 0 atom stereocenters. The third-order valence-electron chi connectivity index (χ3n) is 2.78. The van der Waals surface area contributed by atoms with Gasteiger partial charge in [0.1, 0.15) is 0 Å². The van der Waals surface area contributed by atoms with Gasteiger partial charge in [-0.15, -0.1) is 16.4 Å². The van der Waals surface area contributed by atoms with E-state index in [4.69, 9.17) is 5.73 Å². The van der Waals surface area contributed by atoms with Gasteiger partial charge in [0.15, 0.2) is 0 Å². The van der Waals surface area contributed by atoms with Crippen LogP contribution in [0.3, 0.4) is 0 Å². The van der Waals surface area contributed by atoms with Gasteiger partial charge in [0, 0.05) is 36.5 Å². The molecule has 21 heavy (non-hydrogen) atoms. The topological polar surface area (TPSA) is 72.0 Å². The monoisotopic (exact) mass is 326 g/mol. The molecule has 0 aliphatic heterocycles. The molecule has 0 amide bonds. The molecule has 0 saturated heterocycles. The van der Waals surface area contributed by atoms with Gasteiger partial charge in [0.05, 0.1) is 0 Å². The molecule has 2 rings (SSSR count). The smallest absolute Gasteiger partial charge is 0.243 e. The van der Waals surface area contributed by atoms with Crippen LogP contribution in [0.1, 0.15) is 10.4 Å². The number of aromatic nitrogens is 3. The number of nitrogens with two attached hydrogens (primary N) is 1. The van der Waals surface area contributed by atoms with Crippen molar-refractivity contribution in [3.8, 4) is 0 Å². The first kappa shape index (κ1) is 16.1. The second kappa shape index (κ2) is 7.67. The van der Waals surface area contributed by atoms with Crippen LogP contribution in [0.2, 0.25) is 0 Å². The highest BCUT2D eigenvalue weighted by atomic mass is 32.2. The summed E-state index contributed by atoms with van der Waals surface area (Å²) in [5.41, 5.74) is 7.02. The van der Waals surface area contributed by atoms with Crippen LogP contribution in [-0.2, 0) is 19.3 Å². The first-order valence-electron chi connectivity index (χ1n) is 6.73. The highest BCUT2D eigenvalue weighted by Gasteiger charge is 2.03. The molecule has 2 aromatic rings. The fourth-order valence-electron chi connectivity index (χ4n) is 1.83. The van der Waals surface area contributed by atoms with Gasteiger partial charge < -0.3 is 16.0 Å². The standard InChI is InChI=1S/C13H22N6S2/c1-18(2)7-10-6-11(21-8-10)9-20-5-4-15-13-16-12(14)19(3)17-13/h6,8H,4-5,7,9H2,1-3H3,(H3,14,15,16,17). The van der Waals surface area contributed by atoms with Gasteiger partial charge >= 0.3 is 0 Å². The van der Waals surface area contributed by atoms with Crippen molar-refractivity contribution in [1.29, 1.82) is 0 Å². The maximum absolute atomic E-state index is 5.63. The van der Waals surface area contributed by atoms with Crippen LogP contribution < -0.4 is 11.1 Å². The maximum Gasteiger partial charge on any atom is 0.243 e. The molecule has 0 fully saturated rings. The average molecular weight is 326 g/mol. The SMILES string of the molecule is CN(C)Cc1csc(CSCCNc2nc(N)n(C)n2)c1. The number of rotatable bonds is 8. The second-order valence-electron chi connectivity index (χ2n) is 5.06. The molecular weight excluding hydrogens is 304 g/mol. The van der Waals surface area contributed by atoms with Crippen LogP contribution in [0.5, 0.6) is 0 Å². The minimum Gasteiger partial charge on any atom is -0.368 e. The van der Waals surface area contributed by atoms with Gasteiger partial charge in [0.2, 0.25) is 11.9 Å². The van der Waals surface area contributed by atoms with Gasteiger partial charge in [0.25, 0.3) is 0 Å². The fourth-order valence-corrected chi connectivity index (χ4v) is 3.69. The Balaban J connectivity index is 1.64. The summed E-state index contributed by atoms with van der Waals surface area (Å²) in [5, 5.41) is 9.58. The van der Waals surface area contributed by atoms with E-state index in [1.165, 1.54) is 10.4 Å². The molecule has 2 aromatic heterocycles. The van der Waals surface area contributed by atoms with Crippen molar-refractivity contribution in [2.45, 2.75) is 12.3 Å². The minimum atomic E-state index is 0.428. The molecule has 0 radical (unpaired) electrons. The summed E-state index contributed by atoms with van der Waals surface area (Å²) in [6, 6.07) is 2.30. The van der Waals surface area contributed by atoms with Crippen LogP contribution in [0.25, 0.3) is 0 Å². The van der Waals surface area contributed by atoms with E-state index >= 15 is 0 Å². The van der Waals surface area contributed by atoms with E-state index in [9.17, 15) is 0 Å². The van der Waals surface area contributed by atoms with Gasteiger partial charge in [-0.05, 0) is 31.1 Å². The highest BCUT2D eigenvalue weighted by Crippen LogP contribution is 2.21. The van der Waals surface area contributed by atoms with Gasteiger partial charge in [-0.25, -0.2) is 4.68 Å². The molecule has 6 nitrogen and oxygen atoms in total. The van der Waals surface area contributed by atoms with Crippen molar-refractivity contribution in [2.75, 3.05) is 37.4 Å². The van der Waals surface area contributed by atoms with Crippen LogP contribution in [-0.4, -0.2) is 46.1 Å². The number of anilines is 2. The molecule has 0 spiro atoms. The highest BCUT2D eigenvalue weighted by molar-refractivity contribution is 7.98. The number of nitrogens with zero attached hydrogens (tertiary/aromatic N) is 4. The molecule has 0 aliphatic carbocycles. The molecule has 116 valence electrons. The number of hydrogen-bond acceptors (Lipinski definition) is 7. The Morgan fingerprint density at radius 2 is 2.29 bits per heavy atom. The summed E-state index contributed by atoms with van der Waals surface area (Å²) >= 11 is 3.75. The van der Waals surface area contributed by atoms with Crippen molar-refractivity contribution >= 4 is 35.0 Å². The lowest BCUT2D eigenvalue weighted by atomic mass is 10.3. The van der Waals surface area contributed by atoms with Crippen molar-refractivity contribution in [2.24, 2.45) is 7.05 Å². The summed E-state index contributed by atoms with van der Waals surface area (Å²) in [6.45, 7) is 1.85. The minimum absolute atomic E-state index is 0.428. The largest absolute Gasteiger partial charge is 0.368 e. The number of thioether (sulfide) groups is 1. The Bertz CT molecular complexity index is 543. The molecule has 0 bridgehead atoms. The van der Waals surface area contributed by atoms with Gasteiger partial charge in [-0.2, -0.15) is 16.7 Å². The van der Waals surface area contributed by atoms with E-state index in [1.807, 2.05) is 23.1 Å². The third-order valence-corrected chi connectivity index (χ3v) is 4.95. The zero-order valence-electron chi connectivity index (χ0n) is 12.7. The molecule has 0 aliphatic rings. The molecule has 0 unspecified atom stereocenters. The van der Waals surface area contributed by atoms with E-state index in [2.05, 4.69) is 45.8 Å². The summed E-state index contributed by atoms with van der Waals surface area (Å²) in [4.78, 5) is 7.72. The van der Waals surface area contributed by atoms with E-state index in [0.29, 0.717) is 11.9 Å². The molecular formula is C13H22N6S2. The Labute approximate surface area is 133 Å². The molecule has 0 saturated carbocycles. The maximum atomic E-state index is 5.63. The summed E-state index contributed by atoms with van der Waals surface area (Å²) in [5.74, 6) is 3.09. The van der Waals surface area contributed by atoms with Crippen molar-refractivity contribution in [3.63, 3.8) is 0 Å². The molecule has 3 N–H and O–H groups in total. The third kappa shape index (κ3) is 5.22. The summed E-state index contributed by atoms with van der Waals surface area (Å²) < 4.78 is 1.56. The van der Waals surface area contributed by atoms with E-state index in [-0.39, 0.29) is 0 Å². The Kier molecular flexibility index (Phi) is 5.89. The predicted molar refractivity (Wildman–Crippen MR) is 91.8 cm³/mol. The normalized spacial score (nSPS) is 11.2. The first-order valence-corrected chi connectivity index (χ1v) is 8.77. The Hall–Kier alpha value is -1.25. The van der Waals surface area contributed by atoms with Crippen molar-refractivity contribution in [1.82, 2.24) is 19.7 Å². The Morgan fingerprint density at radius 1 is 1.48 bits per heavy atom. The number of thiophene rings is 1. The summed E-state index contributed by atoms with van der Waals surface area (Å²) in [6.07, 6.45) is 0. The lowest BCUT2D eigenvalue weighted by Gasteiger charge is -2.06. The van der Waals surface area contributed by atoms with Crippen molar-refractivity contribution in [3.05, 3.63) is 21.9 Å². The zero-order valence-corrected chi connectivity index (χ0v) is 14.3. The van der Waals surface area contributed by atoms with E-state index < -0.39 is 0 Å². The van der Waals surface area contributed by atoms with Gasteiger partial charge in [-0.3, -0.25) is 0 Å². The first-order chi connectivity index (χ1) is 10.0. The van der Waals surface area contributed by atoms with Crippen LogP contribution >= 0.6 is 23.1 Å². The molecule has 0 aromatic carbocycles. The molecule has 2 heterocycles. The predicted octanol–water partition coefficient (Wildman–Crippen LogP) is 1.87. The zero-order chi connectivity index (χ0) is 15.2. The number of nitrogen functional groups attached to an aromatic ring is 1. The lowest BCUT2D eigenvalue weighted by molar-refractivity contribution is 0.403. The Morgan fingerprint density at radius 3 is 2.95 bits per heavy atom. The second-order valence-corrected chi connectivity index (χ2v) is 7.16. The fraction of sp³-hybridized carbons (Fsp3) is 0.538. The lowest BCUT2D eigenvalue weighted by Crippen LogP contribution is -2.09. The quantitative estimate of drug-likeness (QED) is 0.722. The van der Waals surface area contributed by atoms with E-state index in [0.717, 1.165) is 24.6 Å². The molecule has 8 heteroatoms. The van der Waals surface area contributed by atoms with Crippen LogP contribution in [0.15, 0.2) is 11.4 Å². The summed E-state index contributed by atoms with van der Waals surface area (Å²) in [7, 11) is 5.97. The van der Waals surface area contributed by atoms with Crippen LogP contribution in [0, 0.1) is 0 Å². The van der Waals surface area contributed by atoms with Crippen molar-refractivity contribution < 1.29 is 0 Å².